The maximum absolute atomic E-state index is 12.1. The molecule has 2 aromatic carbocycles. The van der Waals surface area contributed by atoms with Gasteiger partial charge in [-0.1, -0.05) is 7.43 Å². The standard InChI is InChI=1S/C16H16N6O3.C16H18N6O.CH4/c1-9-7-11(22(24)25)5-6-12(9)14-18-16-17-13(15(23)20(3)4)8-10(2)21(16)19-14;1-9-7-11(17)5-6-12(9)14-19-16-18-13(15(23)21(3)4)8-10(2)22(16)20-14;/h5-8H,1-4H3;5-8H,17H2,1-4H3;1H4. The van der Waals surface area contributed by atoms with E-state index in [1.165, 1.54) is 21.9 Å². The molecule has 0 atom stereocenters. The number of rotatable bonds is 5. The Hall–Kier alpha value is -6.32. The van der Waals surface area contributed by atoms with Gasteiger partial charge in [0.2, 0.25) is 0 Å². The molecule has 0 saturated carbocycles. The lowest BCUT2D eigenvalue weighted by Gasteiger charge is -2.09. The van der Waals surface area contributed by atoms with Gasteiger partial charge in [0.05, 0.1) is 4.92 Å². The number of hydrogen-bond donors (Lipinski definition) is 1. The SMILES string of the molecule is C.Cc1cc(N)ccc1-c1nc2nc(C(=O)N(C)C)cc(C)n2n1.Cc1cc([N+](=O)[O-])ccc1-c1nc2nc(C(=O)N(C)C)cc(C)n2n1. The van der Waals surface area contributed by atoms with E-state index in [1.54, 1.807) is 62.3 Å². The molecule has 0 aliphatic heterocycles. The molecular weight excluding hydrogens is 628 g/mol. The van der Waals surface area contributed by atoms with Crippen LogP contribution in [-0.4, -0.2) is 93.9 Å². The summed E-state index contributed by atoms with van der Waals surface area (Å²) in [6, 6.07) is 13.4. The van der Waals surface area contributed by atoms with Crippen LogP contribution in [0.2, 0.25) is 0 Å². The molecule has 49 heavy (non-hydrogen) atoms. The maximum atomic E-state index is 12.1. The van der Waals surface area contributed by atoms with Crippen molar-refractivity contribution < 1.29 is 14.5 Å². The second kappa shape index (κ2) is 13.8. The molecular formula is C33H38N12O4. The van der Waals surface area contributed by atoms with Gasteiger partial charge in [-0.15, -0.1) is 10.2 Å². The van der Waals surface area contributed by atoms with E-state index in [4.69, 9.17) is 5.73 Å². The van der Waals surface area contributed by atoms with Crippen LogP contribution < -0.4 is 5.73 Å². The highest BCUT2D eigenvalue weighted by Gasteiger charge is 2.19. The summed E-state index contributed by atoms with van der Waals surface area (Å²) >= 11 is 0. The summed E-state index contributed by atoms with van der Waals surface area (Å²) in [5.74, 6) is 1.29. The minimum Gasteiger partial charge on any atom is -0.399 e. The fraction of sp³-hybridized carbons (Fsp3) is 0.273. The number of nitrogens with two attached hydrogens (primary N) is 1. The third kappa shape index (κ3) is 7.17. The number of carbonyl (C=O) groups is 2. The minimum absolute atomic E-state index is 0. The molecule has 16 nitrogen and oxygen atoms in total. The average molecular weight is 667 g/mol. The summed E-state index contributed by atoms with van der Waals surface area (Å²) in [5, 5.41) is 19.8. The Balaban J connectivity index is 0.000000217. The molecule has 0 fully saturated rings. The maximum Gasteiger partial charge on any atom is 0.272 e. The zero-order valence-electron chi connectivity index (χ0n) is 27.7. The second-order valence-corrected chi connectivity index (χ2v) is 11.6. The normalized spacial score (nSPS) is 10.7. The van der Waals surface area contributed by atoms with Gasteiger partial charge in [-0.3, -0.25) is 19.7 Å². The third-order valence-corrected chi connectivity index (χ3v) is 7.38. The van der Waals surface area contributed by atoms with E-state index in [-0.39, 0.29) is 30.6 Å². The van der Waals surface area contributed by atoms with E-state index in [2.05, 4.69) is 30.1 Å². The summed E-state index contributed by atoms with van der Waals surface area (Å²) in [6.45, 7) is 7.39. The molecule has 0 unspecified atom stereocenters. The number of nitrogens with zero attached hydrogens (tertiary/aromatic N) is 11. The van der Waals surface area contributed by atoms with Gasteiger partial charge in [-0.25, -0.2) is 19.0 Å². The van der Waals surface area contributed by atoms with Crippen LogP contribution in [0.15, 0.2) is 48.5 Å². The zero-order valence-corrected chi connectivity index (χ0v) is 27.7. The van der Waals surface area contributed by atoms with Gasteiger partial charge >= 0.3 is 0 Å². The van der Waals surface area contributed by atoms with Gasteiger partial charge in [0.25, 0.3) is 29.1 Å². The van der Waals surface area contributed by atoms with Crippen LogP contribution in [0.1, 0.15) is 50.9 Å². The largest absolute Gasteiger partial charge is 0.399 e. The molecule has 6 rings (SSSR count). The fourth-order valence-electron chi connectivity index (χ4n) is 4.88. The summed E-state index contributed by atoms with van der Waals surface area (Å²) in [6.07, 6.45) is 0. The van der Waals surface area contributed by atoms with Crippen molar-refractivity contribution in [3.63, 3.8) is 0 Å². The number of anilines is 1. The first-order valence-corrected chi connectivity index (χ1v) is 14.7. The molecule has 6 aromatic rings. The van der Waals surface area contributed by atoms with Crippen LogP contribution in [-0.2, 0) is 0 Å². The number of carbonyl (C=O) groups excluding carboxylic acids is 2. The molecule has 254 valence electrons. The van der Waals surface area contributed by atoms with E-state index in [9.17, 15) is 19.7 Å². The number of nitro groups is 1. The topological polar surface area (TPSA) is 196 Å². The van der Waals surface area contributed by atoms with E-state index in [0.717, 1.165) is 16.8 Å². The Bertz CT molecular complexity index is 2240. The molecule has 2 amide bonds. The Kier molecular flexibility index (Phi) is 10.0. The summed E-state index contributed by atoms with van der Waals surface area (Å²) in [5.41, 5.74) is 11.9. The van der Waals surface area contributed by atoms with Crippen LogP contribution in [0.3, 0.4) is 0 Å². The summed E-state index contributed by atoms with van der Waals surface area (Å²) in [7, 11) is 6.69. The molecule has 0 aliphatic rings. The predicted molar refractivity (Wildman–Crippen MR) is 185 cm³/mol. The summed E-state index contributed by atoms with van der Waals surface area (Å²) < 4.78 is 3.18. The van der Waals surface area contributed by atoms with Crippen molar-refractivity contribution in [1.29, 1.82) is 0 Å². The predicted octanol–water partition coefficient (Wildman–Crippen LogP) is 4.35. The first-order valence-electron chi connectivity index (χ1n) is 14.7. The molecule has 0 radical (unpaired) electrons. The molecule has 0 aliphatic carbocycles. The number of aromatic nitrogens is 8. The van der Waals surface area contributed by atoms with Gasteiger partial charge in [-0.05, 0) is 75.2 Å². The van der Waals surface area contributed by atoms with Crippen LogP contribution >= 0.6 is 0 Å². The van der Waals surface area contributed by atoms with Crippen molar-refractivity contribution in [3.05, 3.63) is 92.5 Å². The fourth-order valence-corrected chi connectivity index (χ4v) is 4.88. The van der Waals surface area contributed by atoms with Crippen LogP contribution in [0, 0.1) is 37.8 Å². The summed E-state index contributed by atoms with van der Waals surface area (Å²) in [4.78, 5) is 55.0. The molecule has 4 aromatic heterocycles. The third-order valence-electron chi connectivity index (χ3n) is 7.38. The van der Waals surface area contributed by atoms with Gasteiger partial charge in [0, 0.05) is 68.5 Å². The molecule has 0 bridgehead atoms. The molecule has 2 N–H and O–H groups in total. The van der Waals surface area contributed by atoms with Crippen LogP contribution in [0.5, 0.6) is 0 Å². The quantitative estimate of drug-likeness (QED) is 0.156. The number of non-ortho nitro benzene ring substituents is 1. The Morgan fingerprint density at radius 2 is 1.12 bits per heavy atom. The Labute approximate surface area is 282 Å². The number of amides is 2. The number of benzene rings is 2. The molecule has 16 heteroatoms. The number of nitrogen functional groups attached to an aromatic ring is 1. The highest BCUT2D eigenvalue weighted by Crippen LogP contribution is 2.26. The van der Waals surface area contributed by atoms with E-state index in [1.807, 2.05) is 39.0 Å². The monoisotopic (exact) mass is 666 g/mol. The Morgan fingerprint density at radius 1 is 0.694 bits per heavy atom. The highest BCUT2D eigenvalue weighted by atomic mass is 16.6. The van der Waals surface area contributed by atoms with Gasteiger partial charge in [0.1, 0.15) is 11.4 Å². The van der Waals surface area contributed by atoms with E-state index < -0.39 is 4.92 Å². The molecule has 0 spiro atoms. The lowest BCUT2D eigenvalue weighted by atomic mass is 10.1. The molecule has 0 saturated heterocycles. The Morgan fingerprint density at radius 3 is 1.51 bits per heavy atom. The van der Waals surface area contributed by atoms with Gasteiger partial charge in [-0.2, -0.15) is 9.97 Å². The first kappa shape index (κ1) is 35.5. The number of aryl methyl sites for hydroxylation is 4. The molecule has 4 heterocycles. The van der Waals surface area contributed by atoms with Gasteiger partial charge < -0.3 is 15.5 Å². The first-order chi connectivity index (χ1) is 22.6. The van der Waals surface area contributed by atoms with Crippen molar-refractivity contribution >= 4 is 34.7 Å². The number of hydrogen-bond acceptors (Lipinski definition) is 11. The van der Waals surface area contributed by atoms with Crippen LogP contribution in [0.25, 0.3) is 34.3 Å². The second-order valence-electron chi connectivity index (χ2n) is 11.6. The smallest absolute Gasteiger partial charge is 0.272 e. The number of fused-ring (bicyclic) bond motifs is 2. The van der Waals surface area contributed by atoms with E-state index >= 15 is 0 Å². The van der Waals surface area contributed by atoms with Crippen molar-refractivity contribution in [3.8, 4) is 22.8 Å². The zero-order chi connectivity index (χ0) is 35.0. The van der Waals surface area contributed by atoms with Crippen molar-refractivity contribution in [2.75, 3.05) is 33.9 Å². The van der Waals surface area contributed by atoms with Crippen molar-refractivity contribution in [2.24, 2.45) is 0 Å². The highest BCUT2D eigenvalue weighted by molar-refractivity contribution is 5.93. The van der Waals surface area contributed by atoms with Crippen molar-refractivity contribution in [2.45, 2.75) is 35.1 Å². The van der Waals surface area contributed by atoms with E-state index in [0.29, 0.717) is 51.4 Å². The number of nitro benzene ring substituents is 1. The van der Waals surface area contributed by atoms with Gasteiger partial charge in [0.15, 0.2) is 11.6 Å². The lowest BCUT2D eigenvalue weighted by Crippen LogP contribution is -2.23. The average Bonchev–Trinajstić information content (AvgIpc) is 3.65. The van der Waals surface area contributed by atoms with Crippen molar-refractivity contribution in [1.82, 2.24) is 49.0 Å². The minimum atomic E-state index is -0.446. The van der Waals surface area contributed by atoms with Crippen LogP contribution in [0.4, 0.5) is 11.4 Å². The lowest BCUT2D eigenvalue weighted by molar-refractivity contribution is -0.384.